The van der Waals surface area contributed by atoms with Crippen molar-refractivity contribution >= 4 is 18.0 Å². The molecule has 180 valence electrons. The monoisotopic (exact) mass is 464 g/mol. The van der Waals surface area contributed by atoms with Gasteiger partial charge in [-0.3, -0.25) is 9.59 Å². The van der Waals surface area contributed by atoms with E-state index in [2.05, 4.69) is 31.3 Å². The molecule has 0 spiro atoms. The first-order valence-corrected chi connectivity index (χ1v) is 12.0. The average molecular weight is 465 g/mol. The lowest BCUT2D eigenvalue weighted by Crippen LogP contribution is -2.52. The first-order chi connectivity index (χ1) is 16.3. The summed E-state index contributed by atoms with van der Waals surface area (Å²) in [5, 5.41) is 11.9. The molecule has 0 bridgehead atoms. The number of hydrogen-bond acceptors (Lipinski definition) is 4. The van der Waals surface area contributed by atoms with Crippen LogP contribution in [0.4, 0.5) is 4.79 Å². The Labute approximate surface area is 200 Å². The predicted molar refractivity (Wildman–Crippen MR) is 128 cm³/mol. The third-order valence-corrected chi connectivity index (χ3v) is 7.02. The number of carboxylic acids is 1. The third kappa shape index (κ3) is 5.08. The van der Waals surface area contributed by atoms with Crippen LogP contribution in [-0.4, -0.2) is 53.7 Å². The van der Waals surface area contributed by atoms with E-state index in [0.717, 1.165) is 35.1 Å². The summed E-state index contributed by atoms with van der Waals surface area (Å²) in [5.41, 5.74) is 4.41. The van der Waals surface area contributed by atoms with Crippen molar-refractivity contribution < 1.29 is 24.2 Å². The Morgan fingerprint density at radius 3 is 2.26 bits per heavy atom. The van der Waals surface area contributed by atoms with Crippen LogP contribution in [0.1, 0.15) is 50.2 Å². The fourth-order valence-corrected chi connectivity index (χ4v) is 5.13. The van der Waals surface area contributed by atoms with E-state index in [1.54, 1.807) is 4.90 Å². The number of alkyl carbamates (subject to hydrolysis) is 1. The number of ether oxygens (including phenoxy) is 1. The van der Waals surface area contributed by atoms with Crippen LogP contribution in [0.5, 0.6) is 0 Å². The van der Waals surface area contributed by atoms with Crippen molar-refractivity contribution in [2.24, 2.45) is 11.8 Å². The van der Waals surface area contributed by atoms with E-state index >= 15 is 0 Å². The lowest BCUT2D eigenvalue weighted by molar-refractivity contribution is -0.143. The van der Waals surface area contributed by atoms with E-state index in [1.807, 2.05) is 36.4 Å². The highest BCUT2D eigenvalue weighted by molar-refractivity contribution is 5.89. The number of fused-ring (bicyclic) bond motifs is 3. The Hall–Kier alpha value is -3.35. The summed E-state index contributed by atoms with van der Waals surface area (Å²) in [4.78, 5) is 38.9. The van der Waals surface area contributed by atoms with Gasteiger partial charge in [0.2, 0.25) is 5.91 Å². The molecule has 1 saturated heterocycles. The Morgan fingerprint density at radius 1 is 1.06 bits per heavy atom. The van der Waals surface area contributed by atoms with Crippen molar-refractivity contribution in [1.82, 2.24) is 10.2 Å². The van der Waals surface area contributed by atoms with Gasteiger partial charge in [-0.15, -0.1) is 0 Å². The zero-order valence-corrected chi connectivity index (χ0v) is 19.7. The van der Waals surface area contributed by atoms with Gasteiger partial charge in [0.15, 0.2) is 0 Å². The lowest BCUT2D eigenvalue weighted by Gasteiger charge is -2.36. The molecule has 34 heavy (non-hydrogen) atoms. The van der Waals surface area contributed by atoms with Gasteiger partial charge < -0.3 is 20.1 Å². The second-order valence-electron chi connectivity index (χ2n) is 9.55. The van der Waals surface area contributed by atoms with Crippen molar-refractivity contribution in [3.63, 3.8) is 0 Å². The summed E-state index contributed by atoms with van der Waals surface area (Å²) in [7, 11) is 0. The summed E-state index contributed by atoms with van der Waals surface area (Å²) < 4.78 is 5.53. The summed E-state index contributed by atoms with van der Waals surface area (Å²) in [5.74, 6) is -0.808. The Morgan fingerprint density at radius 2 is 1.68 bits per heavy atom. The highest BCUT2D eigenvalue weighted by Crippen LogP contribution is 2.44. The highest BCUT2D eigenvalue weighted by atomic mass is 16.5. The topological polar surface area (TPSA) is 95.9 Å². The number of rotatable bonds is 7. The number of likely N-dealkylation sites (tertiary alicyclic amines) is 1. The van der Waals surface area contributed by atoms with E-state index < -0.39 is 24.5 Å². The molecule has 1 aliphatic carbocycles. The number of piperidine rings is 1. The summed E-state index contributed by atoms with van der Waals surface area (Å²) in [6.45, 7) is 5.52. The van der Waals surface area contributed by atoms with Gasteiger partial charge in [0, 0.05) is 19.0 Å². The number of amides is 2. The smallest absolute Gasteiger partial charge is 0.407 e. The second kappa shape index (κ2) is 10.3. The van der Waals surface area contributed by atoms with Crippen molar-refractivity contribution in [3.8, 4) is 11.1 Å². The molecule has 0 aromatic heterocycles. The third-order valence-electron chi connectivity index (χ3n) is 7.02. The molecule has 7 heteroatoms. The molecule has 2 N–H and O–H groups in total. The molecule has 1 fully saturated rings. The quantitative estimate of drug-likeness (QED) is 0.638. The lowest BCUT2D eigenvalue weighted by atomic mass is 9.87. The first kappa shape index (κ1) is 23.8. The van der Waals surface area contributed by atoms with Gasteiger partial charge in [0.05, 0.1) is 6.42 Å². The van der Waals surface area contributed by atoms with Crippen LogP contribution in [0, 0.1) is 11.8 Å². The summed E-state index contributed by atoms with van der Waals surface area (Å²) in [6, 6.07) is 14.9. The van der Waals surface area contributed by atoms with Crippen LogP contribution >= 0.6 is 0 Å². The Kier molecular flexibility index (Phi) is 7.20. The van der Waals surface area contributed by atoms with Crippen LogP contribution in [0.3, 0.4) is 0 Å². The van der Waals surface area contributed by atoms with E-state index in [4.69, 9.17) is 4.74 Å². The van der Waals surface area contributed by atoms with Crippen LogP contribution < -0.4 is 5.32 Å². The van der Waals surface area contributed by atoms with Crippen LogP contribution in [0.25, 0.3) is 11.1 Å². The number of carboxylic acid groups (broad SMARTS) is 1. The minimum absolute atomic E-state index is 0.104. The van der Waals surface area contributed by atoms with Gasteiger partial charge in [-0.25, -0.2) is 4.79 Å². The number of carbonyl (C=O) groups is 3. The molecule has 2 aliphatic rings. The molecule has 2 atom stereocenters. The van der Waals surface area contributed by atoms with Crippen molar-refractivity contribution in [3.05, 3.63) is 59.7 Å². The largest absolute Gasteiger partial charge is 0.481 e. The van der Waals surface area contributed by atoms with Gasteiger partial charge in [0.1, 0.15) is 12.6 Å². The zero-order valence-electron chi connectivity index (χ0n) is 19.7. The predicted octanol–water partition coefficient (Wildman–Crippen LogP) is 4.26. The summed E-state index contributed by atoms with van der Waals surface area (Å²) in [6.07, 6.45) is 0.662. The highest BCUT2D eigenvalue weighted by Gasteiger charge is 2.33. The maximum atomic E-state index is 13.1. The molecule has 2 amide bonds. The van der Waals surface area contributed by atoms with E-state index in [9.17, 15) is 19.5 Å². The van der Waals surface area contributed by atoms with Crippen molar-refractivity contribution in [2.75, 3.05) is 19.7 Å². The van der Waals surface area contributed by atoms with E-state index in [0.29, 0.717) is 24.9 Å². The molecule has 2 unspecified atom stereocenters. The van der Waals surface area contributed by atoms with Gasteiger partial charge >= 0.3 is 12.1 Å². The Bertz CT molecular complexity index is 1020. The maximum absolute atomic E-state index is 13.1. The molecule has 1 heterocycles. The number of hydrogen-bond donors (Lipinski definition) is 2. The van der Waals surface area contributed by atoms with Crippen molar-refractivity contribution in [2.45, 2.75) is 45.1 Å². The normalized spacial score (nSPS) is 18.2. The van der Waals surface area contributed by atoms with Gasteiger partial charge in [-0.05, 0) is 46.9 Å². The van der Waals surface area contributed by atoms with Gasteiger partial charge in [0.25, 0.3) is 0 Å². The number of carbonyl (C=O) groups excluding carboxylic acids is 2. The fourth-order valence-electron chi connectivity index (χ4n) is 5.13. The molecule has 4 rings (SSSR count). The van der Waals surface area contributed by atoms with Crippen LogP contribution in [0.2, 0.25) is 0 Å². The minimum atomic E-state index is -1.15. The first-order valence-electron chi connectivity index (χ1n) is 12.0. The van der Waals surface area contributed by atoms with Crippen molar-refractivity contribution in [1.29, 1.82) is 0 Å². The van der Waals surface area contributed by atoms with E-state index in [-0.39, 0.29) is 18.4 Å². The summed E-state index contributed by atoms with van der Waals surface area (Å²) >= 11 is 0. The molecule has 2 aromatic rings. The second-order valence-corrected chi connectivity index (χ2v) is 9.55. The van der Waals surface area contributed by atoms with Crippen LogP contribution in [0.15, 0.2) is 48.5 Å². The van der Waals surface area contributed by atoms with Crippen LogP contribution in [-0.2, 0) is 14.3 Å². The molecule has 0 saturated carbocycles. The number of nitrogens with zero attached hydrogens (tertiary/aromatic N) is 1. The molecule has 0 radical (unpaired) electrons. The molecule has 7 nitrogen and oxygen atoms in total. The Balaban J connectivity index is 1.42. The van der Waals surface area contributed by atoms with E-state index in [1.165, 1.54) is 0 Å². The van der Waals surface area contributed by atoms with Gasteiger partial charge in [-0.2, -0.15) is 0 Å². The molecular weight excluding hydrogens is 432 g/mol. The molecule has 2 aromatic carbocycles. The minimum Gasteiger partial charge on any atom is -0.481 e. The maximum Gasteiger partial charge on any atom is 0.407 e. The SMILES string of the molecule is CC(C)C1CCCN(C(=O)C(CC(=O)O)NC(=O)OCC2c3ccccc3-c3ccccc32)C1. The fraction of sp³-hybridized carbons (Fsp3) is 0.444. The number of nitrogens with one attached hydrogen (secondary N) is 1. The number of aliphatic carboxylic acids is 1. The average Bonchev–Trinajstić information content (AvgIpc) is 3.15. The zero-order chi connectivity index (χ0) is 24.2. The standard InChI is InChI=1S/C27H32N2O5/c1-17(2)18-8-7-13-29(15-18)26(32)24(14-25(30)31)28-27(33)34-16-23-21-11-5-3-9-19(21)20-10-4-6-12-22(20)23/h3-6,9-12,17-18,23-24H,7-8,13-16H2,1-2H3,(H,28,33)(H,30,31). The molecule has 1 aliphatic heterocycles. The number of benzene rings is 2. The van der Waals surface area contributed by atoms with Gasteiger partial charge in [-0.1, -0.05) is 62.4 Å². The molecular formula is C27H32N2O5.